The first-order chi connectivity index (χ1) is 17.0. The lowest BCUT2D eigenvalue weighted by Gasteiger charge is -2.15. The molecule has 0 atom stereocenters. The highest BCUT2D eigenvalue weighted by Gasteiger charge is 2.23. The Morgan fingerprint density at radius 1 is 1.14 bits per heavy atom. The lowest BCUT2D eigenvalue weighted by molar-refractivity contribution is 0.578. The van der Waals surface area contributed by atoms with E-state index >= 15 is 0 Å². The quantitative estimate of drug-likeness (QED) is 0.143. The molecule has 0 fully saturated rings. The van der Waals surface area contributed by atoms with Crippen molar-refractivity contribution in [3.63, 3.8) is 0 Å². The fourth-order valence-corrected chi connectivity index (χ4v) is 5.82. The topological polar surface area (TPSA) is 71.6 Å². The standard InChI is InChI=1S/C21H24Cl2N3OPS.C3H9BrSi.C2H3N/c1-14(2)20-21(29-18-10-16(22)9-17(23)11-18)26(12-15-5-7-24-8-6-15)19(25-20)13-28(3,4)27;1-5(2,3)4;1-2-3/h5-11,14H,12-13H2,1-4H3;1-3H3;1H3. The van der Waals surface area contributed by atoms with E-state index in [-0.39, 0.29) is 5.92 Å². The fraction of sp³-hybridized carbons (Fsp3) is 0.423. The van der Waals surface area contributed by atoms with Gasteiger partial charge in [-0.1, -0.05) is 68.5 Å². The SMILES string of the molecule is CC#N.CC(C)c1nc(CP(C)(C)=O)n(Cc2ccncc2)c1Sc1cc(Cl)cc(Cl)c1.C[Si](C)(C)Br. The third kappa shape index (κ3) is 14.0. The number of nitriles is 1. The summed E-state index contributed by atoms with van der Waals surface area (Å²) in [5, 5.41) is 9.54. The van der Waals surface area contributed by atoms with Crippen LogP contribution in [0.5, 0.6) is 0 Å². The number of imidazole rings is 1. The maximum absolute atomic E-state index is 12.6. The molecule has 0 spiro atoms. The molecule has 0 aliphatic heterocycles. The van der Waals surface area contributed by atoms with E-state index < -0.39 is 13.8 Å². The number of hydrogen-bond donors (Lipinski definition) is 0. The minimum absolute atomic E-state index is 0.220. The van der Waals surface area contributed by atoms with Crippen molar-refractivity contribution < 1.29 is 4.57 Å². The van der Waals surface area contributed by atoms with Crippen LogP contribution in [-0.4, -0.2) is 34.6 Å². The van der Waals surface area contributed by atoms with Crippen LogP contribution in [0.4, 0.5) is 0 Å². The van der Waals surface area contributed by atoms with Gasteiger partial charge in [0.25, 0.3) is 0 Å². The van der Waals surface area contributed by atoms with Crippen molar-refractivity contribution in [3.8, 4) is 6.07 Å². The first-order valence-corrected chi connectivity index (χ1v) is 21.8. The molecular formula is C26H36BrCl2N4OPSSi. The summed E-state index contributed by atoms with van der Waals surface area (Å²) >= 11 is 17.5. The molecule has 0 saturated carbocycles. The highest BCUT2D eigenvalue weighted by Crippen LogP contribution is 2.43. The monoisotopic (exact) mass is 660 g/mol. The zero-order valence-corrected chi connectivity index (χ0v) is 28.5. The summed E-state index contributed by atoms with van der Waals surface area (Å²) in [4.78, 5) is 9.98. The summed E-state index contributed by atoms with van der Waals surface area (Å²) in [5.41, 5.74) is 2.10. The molecule has 5 nitrogen and oxygen atoms in total. The van der Waals surface area contributed by atoms with Crippen molar-refractivity contribution in [1.29, 1.82) is 5.26 Å². The van der Waals surface area contributed by atoms with Crippen LogP contribution in [0.2, 0.25) is 29.7 Å². The van der Waals surface area contributed by atoms with E-state index in [1.165, 1.54) is 6.92 Å². The van der Waals surface area contributed by atoms with Gasteiger partial charge in [0.1, 0.15) is 17.5 Å². The molecule has 0 aliphatic rings. The van der Waals surface area contributed by atoms with E-state index in [0.29, 0.717) is 22.8 Å². The van der Waals surface area contributed by atoms with E-state index in [1.54, 1.807) is 49.6 Å². The smallest absolute Gasteiger partial charge is 0.121 e. The van der Waals surface area contributed by atoms with E-state index in [2.05, 4.69) is 58.3 Å². The molecule has 0 bridgehead atoms. The van der Waals surface area contributed by atoms with Gasteiger partial charge in [-0.25, -0.2) is 4.98 Å². The number of nitrogens with zero attached hydrogens (tertiary/aromatic N) is 4. The Morgan fingerprint density at radius 3 is 2.05 bits per heavy atom. The lowest BCUT2D eigenvalue weighted by atomic mass is 10.1. The Labute approximate surface area is 245 Å². The minimum atomic E-state index is -2.30. The molecule has 0 aliphatic carbocycles. The first kappa shape index (κ1) is 34.0. The van der Waals surface area contributed by atoms with Gasteiger partial charge in [0, 0.05) is 40.8 Å². The predicted octanol–water partition coefficient (Wildman–Crippen LogP) is 9.78. The molecule has 3 rings (SSSR count). The van der Waals surface area contributed by atoms with Crippen LogP contribution in [0, 0.1) is 11.3 Å². The molecule has 11 heteroatoms. The summed E-state index contributed by atoms with van der Waals surface area (Å²) in [6.07, 6.45) is 4.02. The average molecular weight is 663 g/mol. The second-order valence-electron chi connectivity index (χ2n) is 10.0. The molecule has 0 N–H and O–H groups in total. The van der Waals surface area contributed by atoms with Crippen LogP contribution in [-0.2, 0) is 17.3 Å². The third-order valence-corrected chi connectivity index (χ3v) is 6.81. The molecule has 3 aromatic rings. The fourth-order valence-electron chi connectivity index (χ4n) is 2.98. The predicted molar refractivity (Wildman–Crippen MR) is 167 cm³/mol. The molecule has 202 valence electrons. The molecule has 0 unspecified atom stereocenters. The maximum atomic E-state index is 12.6. The molecule has 37 heavy (non-hydrogen) atoms. The van der Waals surface area contributed by atoms with Crippen molar-refractivity contribution in [2.24, 2.45) is 0 Å². The number of pyridine rings is 1. The van der Waals surface area contributed by atoms with E-state index in [4.69, 9.17) is 33.4 Å². The van der Waals surface area contributed by atoms with Crippen LogP contribution >= 0.6 is 57.4 Å². The molecule has 2 heterocycles. The second kappa shape index (κ2) is 15.5. The summed E-state index contributed by atoms with van der Waals surface area (Å²) in [6.45, 7) is 15.8. The van der Waals surface area contributed by atoms with Crippen molar-refractivity contribution >= 4 is 64.1 Å². The summed E-state index contributed by atoms with van der Waals surface area (Å²) in [6, 6.07) is 11.2. The minimum Gasteiger partial charge on any atom is -0.324 e. The lowest BCUT2D eigenvalue weighted by Crippen LogP contribution is -2.07. The Hall–Kier alpha value is -1.07. The Bertz CT molecular complexity index is 1210. The molecule has 2 aromatic heterocycles. The summed E-state index contributed by atoms with van der Waals surface area (Å²) in [5.74, 6) is 1.06. The van der Waals surface area contributed by atoms with Crippen LogP contribution < -0.4 is 0 Å². The van der Waals surface area contributed by atoms with Crippen LogP contribution in [0.15, 0.2) is 52.6 Å². The summed E-state index contributed by atoms with van der Waals surface area (Å²) in [7, 11) is -2.30. The Kier molecular flexibility index (Phi) is 14.2. The number of hydrogen-bond acceptors (Lipinski definition) is 5. The van der Waals surface area contributed by atoms with Gasteiger partial charge in [-0.05, 0) is 55.1 Å². The van der Waals surface area contributed by atoms with E-state index in [0.717, 1.165) is 27.0 Å². The molecular weight excluding hydrogens is 626 g/mol. The van der Waals surface area contributed by atoms with Crippen LogP contribution in [0.25, 0.3) is 0 Å². The third-order valence-electron chi connectivity index (χ3n) is 4.24. The van der Waals surface area contributed by atoms with Crippen molar-refractivity contribution in [2.45, 2.75) is 69.0 Å². The zero-order valence-electron chi connectivity index (χ0n) is 22.7. The Morgan fingerprint density at radius 2 is 1.62 bits per heavy atom. The number of rotatable bonds is 7. The van der Waals surface area contributed by atoms with Gasteiger partial charge < -0.3 is 9.13 Å². The highest BCUT2D eigenvalue weighted by molar-refractivity contribution is 9.26. The maximum Gasteiger partial charge on any atom is 0.121 e. The van der Waals surface area contributed by atoms with Gasteiger partial charge in [-0.15, -0.1) is 15.3 Å². The summed E-state index contributed by atoms with van der Waals surface area (Å²) < 4.78 is 14.8. The van der Waals surface area contributed by atoms with Gasteiger partial charge >= 0.3 is 0 Å². The van der Waals surface area contributed by atoms with Gasteiger partial charge in [0.2, 0.25) is 0 Å². The molecule has 1 aromatic carbocycles. The van der Waals surface area contributed by atoms with Gasteiger partial charge in [-0.2, -0.15) is 5.26 Å². The second-order valence-corrected chi connectivity index (χ2v) is 26.7. The molecule has 0 saturated heterocycles. The normalized spacial score (nSPS) is 11.2. The first-order valence-electron chi connectivity index (χ1n) is 11.7. The zero-order chi connectivity index (χ0) is 28.4. The Balaban J connectivity index is 0.000000751. The van der Waals surface area contributed by atoms with Crippen molar-refractivity contribution in [1.82, 2.24) is 14.5 Å². The van der Waals surface area contributed by atoms with E-state index in [1.807, 2.05) is 24.3 Å². The van der Waals surface area contributed by atoms with Crippen LogP contribution in [0.1, 0.15) is 43.8 Å². The van der Waals surface area contributed by atoms with E-state index in [9.17, 15) is 4.57 Å². The van der Waals surface area contributed by atoms with Crippen molar-refractivity contribution in [2.75, 3.05) is 13.3 Å². The van der Waals surface area contributed by atoms with Gasteiger partial charge in [-0.3, -0.25) is 4.98 Å². The molecule has 0 radical (unpaired) electrons. The van der Waals surface area contributed by atoms with Crippen molar-refractivity contribution in [3.05, 3.63) is 69.9 Å². The average Bonchev–Trinajstić information content (AvgIpc) is 3.03. The highest BCUT2D eigenvalue weighted by atomic mass is 79.9. The van der Waals surface area contributed by atoms with Gasteiger partial charge in [0.05, 0.1) is 25.1 Å². The largest absolute Gasteiger partial charge is 0.324 e. The number of aromatic nitrogens is 3. The molecule has 0 amide bonds. The number of halogens is 3. The van der Waals surface area contributed by atoms with Crippen LogP contribution in [0.3, 0.4) is 0 Å². The van der Waals surface area contributed by atoms with Gasteiger partial charge in [0.15, 0.2) is 0 Å². The number of benzene rings is 1.